The van der Waals surface area contributed by atoms with Crippen molar-refractivity contribution in [3.63, 3.8) is 0 Å². The van der Waals surface area contributed by atoms with E-state index in [1.165, 1.54) is 23.9 Å². The standard InChI is InChI=1S/C17H20IN3O5/c1-10-5-11(18)3-4-14(10)19-15-6-16(24)21(2)7-13(15)17(25)20-26-9-12(23)8-22/h3-7,12,19,22-23H,8-9H2,1-2H3,(H,20,25). The number of hydrogen-bond donors (Lipinski definition) is 4. The number of amides is 1. The fourth-order valence-corrected chi connectivity index (χ4v) is 2.78. The van der Waals surface area contributed by atoms with Gasteiger partial charge in [-0.1, -0.05) is 0 Å². The monoisotopic (exact) mass is 473 g/mol. The lowest BCUT2D eigenvalue weighted by Gasteiger charge is -2.15. The van der Waals surface area contributed by atoms with Gasteiger partial charge in [-0.25, -0.2) is 5.48 Å². The molecule has 1 heterocycles. The Labute approximate surface area is 163 Å². The van der Waals surface area contributed by atoms with Gasteiger partial charge in [0.2, 0.25) is 0 Å². The summed E-state index contributed by atoms with van der Waals surface area (Å²) in [6.45, 7) is 1.19. The van der Waals surface area contributed by atoms with Gasteiger partial charge in [0.05, 0.1) is 17.9 Å². The van der Waals surface area contributed by atoms with Crippen LogP contribution in [0.4, 0.5) is 11.4 Å². The number of rotatable bonds is 7. The van der Waals surface area contributed by atoms with Gasteiger partial charge < -0.3 is 20.1 Å². The number of aromatic nitrogens is 1. The van der Waals surface area contributed by atoms with Crippen LogP contribution in [-0.4, -0.2) is 40.0 Å². The number of carbonyl (C=O) groups excluding carboxylic acids is 1. The van der Waals surface area contributed by atoms with Crippen molar-refractivity contribution in [2.75, 3.05) is 18.5 Å². The summed E-state index contributed by atoms with van der Waals surface area (Å²) in [6, 6.07) is 7.08. The highest BCUT2D eigenvalue weighted by Crippen LogP contribution is 2.24. The lowest BCUT2D eigenvalue weighted by molar-refractivity contribution is -0.0295. The van der Waals surface area contributed by atoms with Crippen molar-refractivity contribution < 1.29 is 19.8 Å². The van der Waals surface area contributed by atoms with Crippen molar-refractivity contribution in [1.29, 1.82) is 0 Å². The maximum Gasteiger partial charge on any atom is 0.278 e. The van der Waals surface area contributed by atoms with Gasteiger partial charge in [0, 0.05) is 28.6 Å². The van der Waals surface area contributed by atoms with E-state index < -0.39 is 18.6 Å². The third-order valence-electron chi connectivity index (χ3n) is 3.58. The fraction of sp³-hybridized carbons (Fsp3) is 0.294. The van der Waals surface area contributed by atoms with Gasteiger partial charge in [-0.2, -0.15) is 0 Å². The molecule has 2 aromatic rings. The van der Waals surface area contributed by atoms with Crippen LogP contribution in [0.25, 0.3) is 0 Å². The summed E-state index contributed by atoms with van der Waals surface area (Å²) < 4.78 is 2.35. The van der Waals surface area contributed by atoms with E-state index in [0.717, 1.165) is 14.8 Å². The van der Waals surface area contributed by atoms with Crippen molar-refractivity contribution in [2.24, 2.45) is 7.05 Å². The van der Waals surface area contributed by atoms with E-state index in [1.54, 1.807) is 0 Å². The van der Waals surface area contributed by atoms with Crippen molar-refractivity contribution in [1.82, 2.24) is 10.0 Å². The number of hydroxylamine groups is 1. The number of benzene rings is 1. The van der Waals surface area contributed by atoms with Crippen LogP contribution in [0.2, 0.25) is 0 Å². The minimum Gasteiger partial charge on any atom is -0.394 e. The molecule has 1 aromatic carbocycles. The third kappa shape index (κ3) is 5.27. The maximum atomic E-state index is 12.4. The molecular formula is C17H20IN3O5. The highest BCUT2D eigenvalue weighted by molar-refractivity contribution is 14.1. The molecule has 0 spiro atoms. The summed E-state index contributed by atoms with van der Waals surface area (Å²) in [4.78, 5) is 29.3. The van der Waals surface area contributed by atoms with E-state index in [1.807, 2.05) is 25.1 Å². The first-order valence-corrected chi connectivity index (χ1v) is 8.84. The minimum absolute atomic E-state index is 0.198. The first-order valence-electron chi connectivity index (χ1n) is 7.76. The quantitative estimate of drug-likeness (QED) is 0.354. The van der Waals surface area contributed by atoms with Gasteiger partial charge >= 0.3 is 0 Å². The van der Waals surface area contributed by atoms with Crippen molar-refractivity contribution in [3.05, 3.63) is 55.5 Å². The molecular weight excluding hydrogens is 453 g/mol. The normalized spacial score (nSPS) is 11.9. The van der Waals surface area contributed by atoms with Crippen LogP contribution in [-0.2, 0) is 11.9 Å². The number of aliphatic hydroxyl groups excluding tert-OH is 2. The molecule has 26 heavy (non-hydrogen) atoms. The predicted octanol–water partition coefficient (Wildman–Crippen LogP) is 1.06. The molecule has 140 valence electrons. The largest absolute Gasteiger partial charge is 0.394 e. The van der Waals surface area contributed by atoms with Gasteiger partial charge in [-0.3, -0.25) is 14.4 Å². The first-order chi connectivity index (χ1) is 12.3. The van der Waals surface area contributed by atoms with Gasteiger partial charge in [0.15, 0.2) is 0 Å². The van der Waals surface area contributed by atoms with Crippen LogP contribution in [0.5, 0.6) is 0 Å². The number of carbonyl (C=O) groups is 1. The SMILES string of the molecule is Cc1cc(I)ccc1Nc1cc(=O)n(C)cc1C(=O)NOCC(O)CO. The van der Waals surface area contributed by atoms with Gasteiger partial charge in [0.25, 0.3) is 11.5 Å². The molecule has 0 aliphatic rings. The summed E-state index contributed by atoms with van der Waals surface area (Å²) in [5.74, 6) is -0.587. The summed E-state index contributed by atoms with van der Waals surface area (Å²) in [7, 11) is 1.54. The Balaban J connectivity index is 2.26. The molecule has 2 rings (SSSR count). The summed E-state index contributed by atoms with van der Waals surface area (Å²) in [6.07, 6.45) is 0.302. The molecule has 0 radical (unpaired) electrons. The number of aliphatic hydroxyl groups is 2. The second-order valence-electron chi connectivity index (χ2n) is 5.71. The number of anilines is 2. The van der Waals surface area contributed by atoms with E-state index in [9.17, 15) is 14.7 Å². The van der Waals surface area contributed by atoms with Crippen molar-refractivity contribution in [2.45, 2.75) is 13.0 Å². The topological polar surface area (TPSA) is 113 Å². The fourth-order valence-electron chi connectivity index (χ4n) is 2.14. The van der Waals surface area contributed by atoms with Gasteiger partial charge in [-0.05, 0) is 53.3 Å². The van der Waals surface area contributed by atoms with Crippen LogP contribution in [0.1, 0.15) is 15.9 Å². The van der Waals surface area contributed by atoms with E-state index in [-0.39, 0.29) is 17.7 Å². The van der Waals surface area contributed by atoms with Gasteiger partial charge in [0.1, 0.15) is 12.7 Å². The zero-order valence-corrected chi connectivity index (χ0v) is 16.5. The van der Waals surface area contributed by atoms with Crippen molar-refractivity contribution >= 4 is 39.9 Å². The molecule has 9 heteroatoms. The maximum absolute atomic E-state index is 12.4. The molecule has 0 aliphatic heterocycles. The highest BCUT2D eigenvalue weighted by atomic mass is 127. The smallest absolute Gasteiger partial charge is 0.278 e. The summed E-state index contributed by atoms with van der Waals surface area (Å²) >= 11 is 2.20. The molecule has 1 amide bonds. The molecule has 8 nitrogen and oxygen atoms in total. The Hall–Kier alpha value is -1.95. The number of nitrogens with zero attached hydrogens (tertiary/aromatic N) is 1. The number of aryl methyl sites for hydroxylation is 2. The van der Waals surface area contributed by atoms with E-state index in [4.69, 9.17) is 9.94 Å². The van der Waals surface area contributed by atoms with Crippen LogP contribution in [0, 0.1) is 10.5 Å². The van der Waals surface area contributed by atoms with Crippen LogP contribution < -0.4 is 16.4 Å². The average Bonchev–Trinajstić information content (AvgIpc) is 2.59. The molecule has 1 atom stereocenters. The number of pyridine rings is 1. The minimum atomic E-state index is -1.09. The molecule has 1 aromatic heterocycles. The van der Waals surface area contributed by atoms with E-state index in [2.05, 4.69) is 33.4 Å². The number of halogens is 1. The Morgan fingerprint density at radius 2 is 2.08 bits per heavy atom. The molecule has 0 saturated heterocycles. The highest BCUT2D eigenvalue weighted by Gasteiger charge is 2.15. The lowest BCUT2D eigenvalue weighted by atomic mass is 10.1. The third-order valence-corrected chi connectivity index (χ3v) is 4.25. The van der Waals surface area contributed by atoms with Crippen LogP contribution in [0.15, 0.2) is 35.3 Å². The van der Waals surface area contributed by atoms with Crippen LogP contribution >= 0.6 is 22.6 Å². The molecule has 0 saturated carbocycles. The Morgan fingerprint density at radius 1 is 1.35 bits per heavy atom. The molecule has 0 bridgehead atoms. The Bertz CT molecular complexity index is 853. The molecule has 4 N–H and O–H groups in total. The molecule has 0 fully saturated rings. The van der Waals surface area contributed by atoms with E-state index >= 15 is 0 Å². The zero-order chi connectivity index (χ0) is 19.3. The lowest BCUT2D eigenvalue weighted by Crippen LogP contribution is -2.31. The first kappa shape index (κ1) is 20.4. The molecule has 0 aliphatic carbocycles. The Morgan fingerprint density at radius 3 is 2.73 bits per heavy atom. The number of nitrogens with one attached hydrogen (secondary N) is 2. The number of hydrogen-bond acceptors (Lipinski definition) is 6. The second-order valence-corrected chi connectivity index (χ2v) is 6.96. The second kappa shape index (κ2) is 9.12. The van der Waals surface area contributed by atoms with E-state index in [0.29, 0.717) is 5.69 Å². The van der Waals surface area contributed by atoms with Crippen molar-refractivity contribution in [3.8, 4) is 0 Å². The Kier molecular flexibility index (Phi) is 7.14. The van der Waals surface area contributed by atoms with Crippen LogP contribution in [0.3, 0.4) is 0 Å². The summed E-state index contributed by atoms with van der Waals surface area (Å²) in [5.41, 5.74) is 4.18. The average molecular weight is 473 g/mol. The predicted molar refractivity (Wildman–Crippen MR) is 105 cm³/mol. The zero-order valence-electron chi connectivity index (χ0n) is 14.3. The van der Waals surface area contributed by atoms with Gasteiger partial charge in [-0.15, -0.1) is 0 Å². The molecule has 1 unspecified atom stereocenters. The summed E-state index contributed by atoms with van der Waals surface area (Å²) in [5, 5.41) is 21.1.